The van der Waals surface area contributed by atoms with E-state index < -0.39 is 11.7 Å². The Labute approximate surface area is 194 Å². The standard InChI is InChI=1S/C23H37F3N6O/c1-16-13-31(20-27-11-19(12-28-20)23(24,25)26)14-17(2)32(16)21(33)29-10-18-6-8-30(9-7-18)15-22(3,4)5/h11-12,16-18H,6-10,13-15H2,1-5H3,(H,29,33)/t16-,17-/m1/s1. The van der Waals surface area contributed by atoms with Crippen LogP contribution in [0, 0.1) is 11.3 Å². The maximum atomic E-state index is 12.9. The molecule has 2 atom stereocenters. The van der Waals surface area contributed by atoms with E-state index in [0.717, 1.165) is 44.9 Å². The van der Waals surface area contributed by atoms with Gasteiger partial charge in [0.15, 0.2) is 0 Å². The fourth-order valence-corrected chi connectivity index (χ4v) is 4.86. The topological polar surface area (TPSA) is 64.6 Å². The van der Waals surface area contributed by atoms with Gasteiger partial charge in [-0.15, -0.1) is 0 Å². The van der Waals surface area contributed by atoms with Crippen molar-refractivity contribution in [1.82, 2.24) is 25.1 Å². The van der Waals surface area contributed by atoms with E-state index in [4.69, 9.17) is 0 Å². The first-order valence-electron chi connectivity index (χ1n) is 11.8. The van der Waals surface area contributed by atoms with Crippen molar-refractivity contribution >= 4 is 12.0 Å². The van der Waals surface area contributed by atoms with E-state index in [0.29, 0.717) is 31.0 Å². The summed E-state index contributed by atoms with van der Waals surface area (Å²) in [6.07, 6.45) is -0.673. The molecule has 1 N–H and O–H groups in total. The number of piperazine rings is 1. The Bertz CT molecular complexity index is 775. The summed E-state index contributed by atoms with van der Waals surface area (Å²) < 4.78 is 38.3. The number of piperidine rings is 1. The molecular weight excluding hydrogens is 433 g/mol. The Kier molecular flexibility index (Phi) is 7.76. The van der Waals surface area contributed by atoms with Crippen molar-refractivity contribution in [3.8, 4) is 0 Å². The molecule has 2 saturated heterocycles. The van der Waals surface area contributed by atoms with Crippen molar-refractivity contribution in [2.45, 2.75) is 65.7 Å². The van der Waals surface area contributed by atoms with Crippen LogP contribution in [0.1, 0.15) is 53.0 Å². The van der Waals surface area contributed by atoms with Gasteiger partial charge in [0.05, 0.1) is 5.56 Å². The third-order valence-electron chi connectivity index (χ3n) is 6.35. The number of rotatable bonds is 4. The van der Waals surface area contributed by atoms with Gasteiger partial charge < -0.3 is 20.0 Å². The van der Waals surface area contributed by atoms with Crippen molar-refractivity contribution in [2.75, 3.05) is 44.2 Å². The van der Waals surface area contributed by atoms with Gasteiger partial charge in [0, 0.05) is 50.7 Å². The van der Waals surface area contributed by atoms with Gasteiger partial charge in [-0.05, 0) is 51.1 Å². The largest absolute Gasteiger partial charge is 0.419 e. The highest BCUT2D eigenvalue weighted by molar-refractivity contribution is 5.75. The van der Waals surface area contributed by atoms with Crippen LogP contribution < -0.4 is 10.2 Å². The molecule has 33 heavy (non-hydrogen) atoms. The number of urea groups is 1. The van der Waals surface area contributed by atoms with Crippen LogP contribution in [-0.4, -0.2) is 77.2 Å². The molecule has 2 aliphatic heterocycles. The van der Waals surface area contributed by atoms with Crippen molar-refractivity contribution in [2.24, 2.45) is 11.3 Å². The van der Waals surface area contributed by atoms with Gasteiger partial charge in [-0.3, -0.25) is 0 Å². The molecule has 0 aliphatic carbocycles. The molecule has 0 saturated carbocycles. The third-order valence-corrected chi connectivity index (χ3v) is 6.35. The lowest BCUT2D eigenvalue weighted by atomic mass is 9.92. The minimum absolute atomic E-state index is 0.0832. The molecule has 0 spiro atoms. The molecule has 0 radical (unpaired) electrons. The predicted molar refractivity (Wildman–Crippen MR) is 122 cm³/mol. The Morgan fingerprint density at radius 1 is 1.06 bits per heavy atom. The van der Waals surface area contributed by atoms with Crippen LogP contribution in [0.5, 0.6) is 0 Å². The molecule has 0 unspecified atom stereocenters. The lowest BCUT2D eigenvalue weighted by Gasteiger charge is -2.44. The molecule has 186 valence electrons. The number of nitrogens with zero attached hydrogens (tertiary/aromatic N) is 5. The maximum absolute atomic E-state index is 12.9. The van der Waals surface area contributed by atoms with Gasteiger partial charge >= 0.3 is 12.2 Å². The summed E-state index contributed by atoms with van der Waals surface area (Å²) in [7, 11) is 0. The number of aromatic nitrogens is 2. The number of anilines is 1. The summed E-state index contributed by atoms with van der Waals surface area (Å²) in [6, 6.07) is -0.318. The van der Waals surface area contributed by atoms with Crippen molar-refractivity contribution in [3.63, 3.8) is 0 Å². The number of nitrogens with one attached hydrogen (secondary N) is 1. The van der Waals surface area contributed by atoms with E-state index in [9.17, 15) is 18.0 Å². The number of halogens is 3. The van der Waals surface area contributed by atoms with Crippen LogP contribution in [0.4, 0.5) is 23.9 Å². The molecule has 3 heterocycles. The van der Waals surface area contributed by atoms with Crippen molar-refractivity contribution < 1.29 is 18.0 Å². The first-order valence-corrected chi connectivity index (χ1v) is 11.8. The SMILES string of the molecule is C[C@@H]1CN(c2ncc(C(F)(F)F)cn2)C[C@@H](C)N1C(=O)NCC1CCN(CC(C)(C)C)CC1. The normalized spacial score (nSPS) is 23.6. The number of amides is 2. The van der Waals surface area contributed by atoms with Gasteiger partial charge in [-0.2, -0.15) is 13.2 Å². The number of carbonyl (C=O) groups excluding carboxylic acids is 1. The van der Waals surface area contributed by atoms with E-state index in [-0.39, 0.29) is 24.1 Å². The summed E-state index contributed by atoms with van der Waals surface area (Å²) in [6.45, 7) is 15.5. The molecule has 7 nitrogen and oxygen atoms in total. The van der Waals surface area contributed by atoms with E-state index >= 15 is 0 Å². The second-order valence-electron chi connectivity index (χ2n) is 10.7. The van der Waals surface area contributed by atoms with Crippen LogP contribution in [0.3, 0.4) is 0 Å². The smallest absolute Gasteiger partial charge is 0.338 e. The minimum Gasteiger partial charge on any atom is -0.338 e. The molecule has 1 aromatic heterocycles. The number of hydrogen-bond donors (Lipinski definition) is 1. The average Bonchev–Trinajstić information content (AvgIpc) is 2.71. The second-order valence-corrected chi connectivity index (χ2v) is 10.7. The van der Waals surface area contributed by atoms with Gasteiger partial charge in [-0.1, -0.05) is 20.8 Å². The summed E-state index contributed by atoms with van der Waals surface area (Å²) in [5, 5.41) is 3.12. The third kappa shape index (κ3) is 6.94. The fraction of sp³-hybridized carbons (Fsp3) is 0.783. The summed E-state index contributed by atoms with van der Waals surface area (Å²) in [5.74, 6) is 0.737. The van der Waals surface area contributed by atoms with E-state index in [1.165, 1.54) is 0 Å². The summed E-state index contributed by atoms with van der Waals surface area (Å²) >= 11 is 0. The van der Waals surface area contributed by atoms with E-state index in [2.05, 4.69) is 41.0 Å². The zero-order chi connectivity index (χ0) is 24.4. The molecule has 3 rings (SSSR count). The zero-order valence-electron chi connectivity index (χ0n) is 20.3. The average molecular weight is 471 g/mol. The zero-order valence-corrected chi connectivity index (χ0v) is 20.3. The Morgan fingerprint density at radius 2 is 1.61 bits per heavy atom. The Morgan fingerprint density at radius 3 is 2.09 bits per heavy atom. The first-order chi connectivity index (χ1) is 15.3. The van der Waals surface area contributed by atoms with Crippen LogP contribution in [0.2, 0.25) is 0 Å². The Hall–Kier alpha value is -2.10. The molecule has 1 aromatic rings. The number of carbonyl (C=O) groups is 1. The van der Waals surface area contributed by atoms with E-state index in [1.807, 2.05) is 23.6 Å². The Balaban J connectivity index is 1.49. The van der Waals surface area contributed by atoms with Crippen molar-refractivity contribution in [3.05, 3.63) is 18.0 Å². The second kappa shape index (κ2) is 10.0. The molecule has 10 heteroatoms. The molecule has 2 aliphatic rings. The van der Waals surface area contributed by atoms with Crippen LogP contribution in [0.15, 0.2) is 12.4 Å². The highest BCUT2D eigenvalue weighted by Crippen LogP contribution is 2.29. The van der Waals surface area contributed by atoms with Gasteiger partial charge in [-0.25, -0.2) is 14.8 Å². The molecule has 0 aromatic carbocycles. The molecular formula is C23H37F3N6O. The lowest BCUT2D eigenvalue weighted by Crippen LogP contribution is -2.61. The quantitative estimate of drug-likeness (QED) is 0.724. The van der Waals surface area contributed by atoms with Gasteiger partial charge in [0.2, 0.25) is 5.95 Å². The number of likely N-dealkylation sites (tertiary alicyclic amines) is 1. The summed E-state index contributed by atoms with van der Waals surface area (Å²) in [5.41, 5.74) is -0.574. The molecule has 0 bridgehead atoms. The number of alkyl halides is 3. The van der Waals surface area contributed by atoms with E-state index in [1.54, 1.807) is 0 Å². The van der Waals surface area contributed by atoms with Gasteiger partial charge in [0.25, 0.3) is 0 Å². The summed E-state index contributed by atoms with van der Waals surface area (Å²) in [4.78, 5) is 26.9. The minimum atomic E-state index is -4.46. The van der Waals surface area contributed by atoms with Crippen LogP contribution in [-0.2, 0) is 6.18 Å². The maximum Gasteiger partial charge on any atom is 0.419 e. The highest BCUT2D eigenvalue weighted by atomic mass is 19.4. The van der Waals surface area contributed by atoms with Crippen LogP contribution >= 0.6 is 0 Å². The molecule has 2 fully saturated rings. The van der Waals surface area contributed by atoms with Crippen molar-refractivity contribution in [1.29, 1.82) is 0 Å². The molecule has 2 amide bonds. The number of hydrogen-bond acceptors (Lipinski definition) is 5. The van der Waals surface area contributed by atoms with Gasteiger partial charge in [0.1, 0.15) is 0 Å². The highest BCUT2D eigenvalue weighted by Gasteiger charge is 2.35. The fourth-order valence-electron chi connectivity index (χ4n) is 4.86. The predicted octanol–water partition coefficient (Wildman–Crippen LogP) is 3.86. The first kappa shape index (κ1) is 25.5. The monoisotopic (exact) mass is 470 g/mol. The lowest BCUT2D eigenvalue weighted by molar-refractivity contribution is -0.138. The van der Waals surface area contributed by atoms with Crippen LogP contribution in [0.25, 0.3) is 0 Å².